The van der Waals surface area contributed by atoms with Crippen LogP contribution in [0.25, 0.3) is 0 Å². The summed E-state index contributed by atoms with van der Waals surface area (Å²) in [4.78, 5) is 20.3. The van der Waals surface area contributed by atoms with Crippen molar-refractivity contribution >= 4 is 11.7 Å². The summed E-state index contributed by atoms with van der Waals surface area (Å²) >= 11 is 0. The van der Waals surface area contributed by atoms with Crippen LogP contribution >= 0.6 is 0 Å². The Kier molecular flexibility index (Phi) is 8.23. The Balaban J connectivity index is 0.000000181. The first kappa shape index (κ1) is 19.7. The number of pyridine rings is 1. The molecule has 2 fully saturated rings. The number of likely N-dealkylation sites (tertiary alicyclic amines) is 1. The minimum atomic E-state index is 0.415. The Hall–Kier alpha value is -1.58. The van der Waals surface area contributed by atoms with Crippen LogP contribution in [0.15, 0.2) is 18.3 Å². The van der Waals surface area contributed by atoms with E-state index in [1.54, 1.807) is 0 Å². The lowest BCUT2D eigenvalue weighted by Crippen LogP contribution is -2.44. The van der Waals surface area contributed by atoms with E-state index in [0.717, 1.165) is 38.2 Å². The molecule has 1 aliphatic carbocycles. The van der Waals surface area contributed by atoms with E-state index in [2.05, 4.69) is 47.8 Å². The molecule has 1 aromatic rings. The third-order valence-corrected chi connectivity index (χ3v) is 5.22. The molecule has 2 heterocycles. The van der Waals surface area contributed by atoms with Crippen LogP contribution in [0.3, 0.4) is 0 Å². The Morgan fingerprint density at radius 3 is 2.52 bits per heavy atom. The molecule has 0 spiro atoms. The summed E-state index contributed by atoms with van der Waals surface area (Å²) in [6.45, 7) is 6.32. The van der Waals surface area contributed by atoms with Gasteiger partial charge in [-0.1, -0.05) is 32.3 Å². The average Bonchev–Trinajstić information content (AvgIpc) is 2.64. The number of carbonyl (C=O) groups excluding carboxylic acids is 1. The molecule has 2 aliphatic rings. The third-order valence-electron chi connectivity index (χ3n) is 5.22. The summed E-state index contributed by atoms with van der Waals surface area (Å²) in [7, 11) is 2.07. The molecule has 3 rings (SSSR count). The molecule has 4 nitrogen and oxygen atoms in total. The van der Waals surface area contributed by atoms with Gasteiger partial charge in [0, 0.05) is 38.8 Å². The first-order chi connectivity index (χ1) is 12.1. The monoisotopic (exact) mass is 345 g/mol. The van der Waals surface area contributed by atoms with Crippen LogP contribution in [-0.4, -0.2) is 42.0 Å². The standard InChI is InChI=1S/C11H19NO.C10H16N2/c13-11-8-4-5-9-12(11)10-6-2-1-3-7-10;1-4-7-12(3)10-6-5-9(2)8-11-10/h10H,1-9H2;5-6,8H,4,7H2,1-3H3. The van der Waals surface area contributed by atoms with Gasteiger partial charge < -0.3 is 9.80 Å². The summed E-state index contributed by atoms with van der Waals surface area (Å²) in [6, 6.07) is 4.75. The minimum absolute atomic E-state index is 0.415. The largest absolute Gasteiger partial charge is 0.360 e. The molecule has 0 unspecified atom stereocenters. The van der Waals surface area contributed by atoms with Crippen molar-refractivity contribution in [1.29, 1.82) is 0 Å². The van der Waals surface area contributed by atoms with Gasteiger partial charge >= 0.3 is 0 Å². The van der Waals surface area contributed by atoms with Gasteiger partial charge in [-0.3, -0.25) is 4.79 Å². The zero-order chi connectivity index (χ0) is 18.1. The van der Waals surface area contributed by atoms with E-state index in [-0.39, 0.29) is 0 Å². The molecular weight excluding hydrogens is 310 g/mol. The predicted molar refractivity (Wildman–Crippen MR) is 105 cm³/mol. The molecule has 1 saturated carbocycles. The van der Waals surface area contributed by atoms with Crippen LogP contribution in [0, 0.1) is 6.92 Å². The fourth-order valence-corrected chi connectivity index (χ4v) is 3.74. The zero-order valence-electron chi connectivity index (χ0n) is 16.3. The molecule has 4 heteroatoms. The van der Waals surface area contributed by atoms with Gasteiger partial charge in [-0.25, -0.2) is 4.98 Å². The highest BCUT2D eigenvalue weighted by Crippen LogP contribution is 2.25. The fraction of sp³-hybridized carbons (Fsp3) is 0.714. The molecule has 0 bridgehead atoms. The van der Waals surface area contributed by atoms with Gasteiger partial charge in [-0.05, 0) is 50.7 Å². The van der Waals surface area contributed by atoms with Crippen LogP contribution in [0.2, 0.25) is 0 Å². The second-order valence-electron chi connectivity index (χ2n) is 7.45. The lowest BCUT2D eigenvalue weighted by atomic mass is 9.92. The van der Waals surface area contributed by atoms with E-state index in [4.69, 9.17) is 0 Å². The summed E-state index contributed by atoms with van der Waals surface area (Å²) in [6.07, 6.45) is 12.7. The Morgan fingerprint density at radius 2 is 1.92 bits per heavy atom. The third kappa shape index (κ3) is 6.33. The summed E-state index contributed by atoms with van der Waals surface area (Å²) in [5, 5.41) is 0. The van der Waals surface area contributed by atoms with Crippen molar-refractivity contribution in [3.8, 4) is 0 Å². The van der Waals surface area contributed by atoms with E-state index in [1.165, 1.54) is 44.1 Å². The summed E-state index contributed by atoms with van der Waals surface area (Å²) in [5.41, 5.74) is 1.21. The SMILES string of the molecule is CCCN(C)c1ccc(C)cn1.O=C1CCCCN1C1CCCCC1. The van der Waals surface area contributed by atoms with Gasteiger partial charge in [0.2, 0.25) is 5.91 Å². The minimum Gasteiger partial charge on any atom is -0.360 e. The number of aryl methyl sites for hydroxylation is 1. The lowest BCUT2D eigenvalue weighted by molar-refractivity contribution is -0.136. The molecule has 0 atom stereocenters. The number of anilines is 1. The summed E-state index contributed by atoms with van der Waals surface area (Å²) < 4.78 is 0. The first-order valence-corrected chi connectivity index (χ1v) is 10.0. The Morgan fingerprint density at radius 1 is 1.16 bits per heavy atom. The molecule has 1 saturated heterocycles. The van der Waals surface area contributed by atoms with Crippen molar-refractivity contribution in [3.05, 3.63) is 23.9 Å². The van der Waals surface area contributed by atoms with Gasteiger partial charge in [-0.2, -0.15) is 0 Å². The van der Waals surface area contributed by atoms with Crippen LogP contribution in [0.1, 0.15) is 70.3 Å². The maximum atomic E-state index is 11.6. The maximum Gasteiger partial charge on any atom is 0.222 e. The molecular formula is C21H35N3O. The smallest absolute Gasteiger partial charge is 0.222 e. The molecule has 1 amide bonds. The van der Waals surface area contributed by atoms with Gasteiger partial charge in [-0.15, -0.1) is 0 Å². The van der Waals surface area contributed by atoms with Gasteiger partial charge in [0.1, 0.15) is 5.82 Å². The molecule has 0 N–H and O–H groups in total. The highest BCUT2D eigenvalue weighted by Gasteiger charge is 2.26. The quantitative estimate of drug-likeness (QED) is 0.802. The van der Waals surface area contributed by atoms with Crippen LogP contribution in [0.4, 0.5) is 5.82 Å². The van der Waals surface area contributed by atoms with Crippen molar-refractivity contribution in [3.63, 3.8) is 0 Å². The topological polar surface area (TPSA) is 36.4 Å². The number of carbonyl (C=O) groups is 1. The first-order valence-electron chi connectivity index (χ1n) is 10.0. The number of hydrogen-bond donors (Lipinski definition) is 0. The second-order valence-corrected chi connectivity index (χ2v) is 7.45. The van der Waals surface area contributed by atoms with Gasteiger partial charge in [0.15, 0.2) is 0 Å². The maximum absolute atomic E-state index is 11.6. The molecule has 0 aromatic carbocycles. The number of rotatable bonds is 4. The van der Waals surface area contributed by atoms with Crippen molar-refractivity contribution in [1.82, 2.24) is 9.88 Å². The van der Waals surface area contributed by atoms with Crippen LogP contribution < -0.4 is 4.90 Å². The van der Waals surface area contributed by atoms with Crippen molar-refractivity contribution < 1.29 is 4.79 Å². The predicted octanol–water partition coefficient (Wildman–Crippen LogP) is 4.57. The normalized spacial score (nSPS) is 18.5. The van der Waals surface area contributed by atoms with E-state index >= 15 is 0 Å². The number of amides is 1. The van der Waals surface area contributed by atoms with Crippen molar-refractivity contribution in [2.75, 3.05) is 25.0 Å². The second kappa shape index (κ2) is 10.4. The van der Waals surface area contributed by atoms with Crippen molar-refractivity contribution in [2.45, 2.75) is 77.7 Å². The summed E-state index contributed by atoms with van der Waals surface area (Å²) in [5.74, 6) is 1.47. The zero-order valence-corrected chi connectivity index (χ0v) is 16.3. The molecule has 25 heavy (non-hydrogen) atoms. The van der Waals surface area contributed by atoms with E-state index in [9.17, 15) is 4.79 Å². The number of nitrogens with zero attached hydrogens (tertiary/aromatic N) is 3. The number of aromatic nitrogens is 1. The molecule has 1 aromatic heterocycles. The molecule has 1 aliphatic heterocycles. The highest BCUT2D eigenvalue weighted by molar-refractivity contribution is 5.77. The Labute approximate surface area is 153 Å². The number of hydrogen-bond acceptors (Lipinski definition) is 3. The Bertz CT molecular complexity index is 508. The van der Waals surface area contributed by atoms with Crippen LogP contribution in [-0.2, 0) is 4.79 Å². The van der Waals surface area contributed by atoms with E-state index < -0.39 is 0 Å². The molecule has 140 valence electrons. The van der Waals surface area contributed by atoms with Gasteiger partial charge in [0.05, 0.1) is 0 Å². The van der Waals surface area contributed by atoms with E-state index in [1.807, 2.05) is 6.20 Å². The van der Waals surface area contributed by atoms with Crippen LogP contribution in [0.5, 0.6) is 0 Å². The van der Waals surface area contributed by atoms with Gasteiger partial charge in [0.25, 0.3) is 0 Å². The molecule has 0 radical (unpaired) electrons. The highest BCUT2D eigenvalue weighted by atomic mass is 16.2. The van der Waals surface area contributed by atoms with E-state index in [0.29, 0.717) is 11.9 Å². The number of piperidine rings is 1. The van der Waals surface area contributed by atoms with Crippen molar-refractivity contribution in [2.24, 2.45) is 0 Å². The fourth-order valence-electron chi connectivity index (χ4n) is 3.74. The lowest BCUT2D eigenvalue weighted by Gasteiger charge is -2.36. The average molecular weight is 346 g/mol.